The third kappa shape index (κ3) is 4.38. The second-order valence-corrected chi connectivity index (χ2v) is 5.68. The molecule has 1 atom stereocenters. The highest BCUT2D eigenvalue weighted by atomic mass is 32.1. The molecular formula is C15H15FN3OS+. The highest BCUT2D eigenvalue weighted by Crippen LogP contribution is 2.21. The average molecular weight is 304 g/mol. The summed E-state index contributed by atoms with van der Waals surface area (Å²) in [6.07, 6.45) is 0. The van der Waals surface area contributed by atoms with Crippen molar-refractivity contribution in [2.45, 2.75) is 6.54 Å². The third-order valence-corrected chi connectivity index (χ3v) is 3.75. The van der Waals surface area contributed by atoms with Gasteiger partial charge in [0, 0.05) is 5.56 Å². The van der Waals surface area contributed by atoms with Crippen LogP contribution in [0.5, 0.6) is 0 Å². The number of rotatable bonds is 5. The lowest BCUT2D eigenvalue weighted by Gasteiger charge is -2.13. The van der Waals surface area contributed by atoms with Gasteiger partial charge in [-0.05, 0) is 23.6 Å². The van der Waals surface area contributed by atoms with E-state index in [-0.39, 0.29) is 18.3 Å². The number of carbonyl (C=O) groups is 1. The number of hydrogen-bond donors (Lipinski definition) is 2. The van der Waals surface area contributed by atoms with Gasteiger partial charge in [-0.15, -0.1) is 11.3 Å². The van der Waals surface area contributed by atoms with E-state index in [0.29, 0.717) is 17.1 Å². The number of amides is 1. The molecule has 0 spiro atoms. The number of likely N-dealkylation sites (N-methyl/N-ethyl adjacent to an activating group) is 1. The van der Waals surface area contributed by atoms with Gasteiger partial charge in [-0.1, -0.05) is 12.1 Å². The Hall–Kier alpha value is -2.23. The first-order valence-corrected chi connectivity index (χ1v) is 7.29. The Kier molecular flexibility index (Phi) is 5.04. The molecule has 4 nitrogen and oxygen atoms in total. The molecule has 6 heteroatoms. The van der Waals surface area contributed by atoms with Crippen LogP contribution >= 0.6 is 11.3 Å². The summed E-state index contributed by atoms with van der Waals surface area (Å²) in [6, 6.07) is 9.95. The summed E-state index contributed by atoms with van der Waals surface area (Å²) >= 11 is 1.33. The summed E-state index contributed by atoms with van der Waals surface area (Å²) in [5.41, 5.74) is 1.44. The van der Waals surface area contributed by atoms with Crippen molar-refractivity contribution in [3.63, 3.8) is 0 Å². The smallest absolute Gasteiger partial charge is 0.280 e. The highest BCUT2D eigenvalue weighted by Gasteiger charge is 2.13. The first-order valence-electron chi connectivity index (χ1n) is 6.41. The maximum absolute atomic E-state index is 12.8. The minimum absolute atomic E-state index is 0.145. The van der Waals surface area contributed by atoms with Crippen molar-refractivity contribution < 1.29 is 14.1 Å². The molecule has 21 heavy (non-hydrogen) atoms. The fourth-order valence-corrected chi connectivity index (χ4v) is 2.71. The molecule has 1 aromatic carbocycles. The van der Waals surface area contributed by atoms with Crippen LogP contribution in [0.3, 0.4) is 0 Å². The number of nitriles is 1. The first-order chi connectivity index (χ1) is 10.1. The summed E-state index contributed by atoms with van der Waals surface area (Å²) in [7, 11) is 1.89. The lowest BCUT2D eigenvalue weighted by atomic mass is 10.2. The van der Waals surface area contributed by atoms with Crippen LogP contribution in [0.25, 0.3) is 0 Å². The normalized spacial score (nSPS) is 11.7. The molecule has 2 aromatic rings. The van der Waals surface area contributed by atoms with E-state index < -0.39 is 0 Å². The summed E-state index contributed by atoms with van der Waals surface area (Å²) in [6.45, 7) is 0.906. The quantitative estimate of drug-likeness (QED) is 0.877. The molecule has 2 N–H and O–H groups in total. The minimum atomic E-state index is -0.268. The van der Waals surface area contributed by atoms with Gasteiger partial charge < -0.3 is 10.2 Å². The first kappa shape index (κ1) is 15.2. The zero-order chi connectivity index (χ0) is 15.2. The molecule has 1 unspecified atom stereocenters. The predicted octanol–water partition coefficient (Wildman–Crippen LogP) is 1.41. The molecule has 108 valence electrons. The number of hydrogen-bond acceptors (Lipinski definition) is 3. The lowest BCUT2D eigenvalue weighted by molar-refractivity contribution is -0.885. The van der Waals surface area contributed by atoms with E-state index in [1.807, 2.05) is 13.1 Å². The Balaban J connectivity index is 1.87. The number of carbonyl (C=O) groups excluding carboxylic acids is 1. The van der Waals surface area contributed by atoms with Crippen molar-refractivity contribution in [1.29, 1.82) is 5.26 Å². The summed E-state index contributed by atoms with van der Waals surface area (Å²) in [4.78, 5) is 12.9. The van der Waals surface area contributed by atoms with Gasteiger partial charge >= 0.3 is 0 Å². The van der Waals surface area contributed by atoms with E-state index in [9.17, 15) is 9.18 Å². The Morgan fingerprint density at radius 3 is 2.76 bits per heavy atom. The molecule has 0 aliphatic carbocycles. The molecular weight excluding hydrogens is 289 g/mol. The van der Waals surface area contributed by atoms with E-state index in [0.717, 1.165) is 10.5 Å². The van der Waals surface area contributed by atoms with E-state index in [1.165, 1.54) is 23.5 Å². The zero-order valence-corrected chi connectivity index (χ0v) is 12.3. The van der Waals surface area contributed by atoms with Crippen LogP contribution in [0, 0.1) is 17.1 Å². The Bertz CT molecular complexity index is 660. The van der Waals surface area contributed by atoms with Crippen LogP contribution in [0.15, 0.2) is 35.7 Å². The van der Waals surface area contributed by atoms with Crippen molar-refractivity contribution in [1.82, 2.24) is 0 Å². The summed E-state index contributed by atoms with van der Waals surface area (Å²) in [5.74, 6) is -0.413. The van der Waals surface area contributed by atoms with Gasteiger partial charge in [-0.2, -0.15) is 5.26 Å². The largest absolute Gasteiger partial charge is 0.326 e. The van der Waals surface area contributed by atoms with Gasteiger partial charge in [0.25, 0.3) is 5.91 Å². The molecule has 0 saturated carbocycles. The van der Waals surface area contributed by atoms with Gasteiger partial charge in [-0.3, -0.25) is 4.79 Å². The average Bonchev–Trinajstić information content (AvgIpc) is 2.88. The molecule has 0 bridgehead atoms. The summed E-state index contributed by atoms with van der Waals surface area (Å²) in [5, 5.41) is 14.0. The van der Waals surface area contributed by atoms with E-state index in [4.69, 9.17) is 5.26 Å². The van der Waals surface area contributed by atoms with E-state index >= 15 is 0 Å². The van der Waals surface area contributed by atoms with Crippen molar-refractivity contribution in [3.8, 4) is 6.07 Å². The summed E-state index contributed by atoms with van der Waals surface area (Å²) < 4.78 is 12.8. The van der Waals surface area contributed by atoms with Crippen LogP contribution in [0.1, 0.15) is 11.1 Å². The van der Waals surface area contributed by atoms with Gasteiger partial charge in [-0.25, -0.2) is 4.39 Å². The SMILES string of the molecule is C[NH+](CC(=O)Nc1sccc1C#N)Cc1ccc(F)cc1. The van der Waals surface area contributed by atoms with E-state index in [1.54, 1.807) is 23.6 Å². The van der Waals surface area contributed by atoms with E-state index in [2.05, 4.69) is 5.32 Å². The predicted molar refractivity (Wildman–Crippen MR) is 79.5 cm³/mol. The number of quaternary nitrogens is 1. The van der Waals surface area contributed by atoms with Gasteiger partial charge in [0.15, 0.2) is 6.54 Å². The standard InChI is InChI=1S/C15H14FN3OS/c1-19(9-11-2-4-13(16)5-3-11)10-14(20)18-15-12(8-17)6-7-21-15/h2-7H,9-10H2,1H3,(H,18,20)/p+1. The number of halogens is 1. The molecule has 0 saturated heterocycles. The van der Waals surface area contributed by atoms with Crippen LogP contribution in [0.4, 0.5) is 9.39 Å². The maximum atomic E-state index is 12.8. The van der Waals surface area contributed by atoms with Crippen LogP contribution in [-0.4, -0.2) is 19.5 Å². The number of benzene rings is 1. The van der Waals surface area contributed by atoms with Crippen molar-refractivity contribution in [2.75, 3.05) is 18.9 Å². The molecule has 0 radical (unpaired) electrons. The molecule has 0 aliphatic rings. The second kappa shape index (κ2) is 6.97. The minimum Gasteiger partial charge on any atom is -0.326 e. The fraction of sp³-hybridized carbons (Fsp3) is 0.200. The Labute approximate surface area is 126 Å². The van der Waals surface area contributed by atoms with Gasteiger partial charge in [0.2, 0.25) is 0 Å². The molecule has 0 aliphatic heterocycles. The Morgan fingerprint density at radius 1 is 1.38 bits per heavy atom. The topological polar surface area (TPSA) is 57.3 Å². The number of nitrogens with one attached hydrogen (secondary N) is 2. The van der Waals surface area contributed by atoms with Crippen molar-refractivity contribution in [3.05, 3.63) is 52.7 Å². The van der Waals surface area contributed by atoms with Crippen molar-refractivity contribution in [2.24, 2.45) is 0 Å². The molecule has 1 amide bonds. The number of anilines is 1. The number of nitrogens with zero attached hydrogens (tertiary/aromatic N) is 1. The van der Waals surface area contributed by atoms with Crippen LogP contribution < -0.4 is 10.2 Å². The molecule has 1 heterocycles. The fourth-order valence-electron chi connectivity index (χ4n) is 1.95. The van der Waals surface area contributed by atoms with Crippen molar-refractivity contribution >= 4 is 22.2 Å². The zero-order valence-electron chi connectivity index (χ0n) is 11.5. The molecule has 2 rings (SSSR count). The highest BCUT2D eigenvalue weighted by molar-refractivity contribution is 7.14. The number of thiophene rings is 1. The van der Waals surface area contributed by atoms with Gasteiger partial charge in [0.1, 0.15) is 23.4 Å². The van der Waals surface area contributed by atoms with Gasteiger partial charge in [0.05, 0.1) is 12.6 Å². The van der Waals surface area contributed by atoms with Crippen LogP contribution in [-0.2, 0) is 11.3 Å². The van der Waals surface area contributed by atoms with Crippen LogP contribution in [0.2, 0.25) is 0 Å². The lowest BCUT2D eigenvalue weighted by Crippen LogP contribution is -3.08. The molecule has 1 aromatic heterocycles. The Morgan fingerprint density at radius 2 is 2.10 bits per heavy atom. The maximum Gasteiger partial charge on any atom is 0.280 e. The molecule has 0 fully saturated rings. The monoisotopic (exact) mass is 304 g/mol. The second-order valence-electron chi connectivity index (χ2n) is 4.76. The third-order valence-electron chi connectivity index (χ3n) is 2.92.